The Labute approximate surface area is 123 Å². The smallest absolute Gasteiger partial charge is 0.406 e. The van der Waals surface area contributed by atoms with E-state index in [1.165, 1.54) is 31.4 Å². The van der Waals surface area contributed by atoms with Gasteiger partial charge in [-0.05, 0) is 48.9 Å². The van der Waals surface area contributed by atoms with E-state index >= 15 is 0 Å². The van der Waals surface area contributed by atoms with Crippen LogP contribution in [0.5, 0.6) is 5.75 Å². The van der Waals surface area contributed by atoms with Crippen LogP contribution in [-0.4, -0.2) is 12.4 Å². The van der Waals surface area contributed by atoms with Crippen LogP contribution in [0.2, 0.25) is 0 Å². The number of benzene rings is 1. The lowest BCUT2D eigenvalue weighted by Crippen LogP contribution is -2.35. The van der Waals surface area contributed by atoms with Crippen molar-refractivity contribution in [1.82, 2.24) is 0 Å². The van der Waals surface area contributed by atoms with E-state index in [-0.39, 0.29) is 5.75 Å². The van der Waals surface area contributed by atoms with E-state index in [0.717, 1.165) is 12.1 Å². The van der Waals surface area contributed by atoms with Crippen LogP contribution in [0.15, 0.2) is 24.3 Å². The molecule has 0 saturated heterocycles. The van der Waals surface area contributed by atoms with E-state index in [2.05, 4.69) is 23.9 Å². The molecule has 21 heavy (non-hydrogen) atoms. The van der Waals surface area contributed by atoms with Crippen LogP contribution < -0.4 is 10.1 Å². The van der Waals surface area contributed by atoms with Crippen molar-refractivity contribution in [3.05, 3.63) is 24.3 Å². The first-order valence-corrected chi connectivity index (χ1v) is 7.47. The summed E-state index contributed by atoms with van der Waals surface area (Å²) >= 11 is 0. The summed E-state index contributed by atoms with van der Waals surface area (Å²) < 4.78 is 40.2. The molecular weight excluding hydrogens is 279 g/mol. The number of alkyl halides is 3. The lowest BCUT2D eigenvalue weighted by atomic mass is 9.78. The number of halogens is 3. The van der Waals surface area contributed by atoms with Crippen molar-refractivity contribution in [3.8, 4) is 5.75 Å². The lowest BCUT2D eigenvalue weighted by molar-refractivity contribution is -0.274. The number of hydrogen-bond acceptors (Lipinski definition) is 2. The Hall–Kier alpha value is -1.39. The van der Waals surface area contributed by atoms with Crippen molar-refractivity contribution in [1.29, 1.82) is 0 Å². The average Bonchev–Trinajstić information content (AvgIpc) is 2.40. The zero-order chi connectivity index (χ0) is 15.5. The summed E-state index contributed by atoms with van der Waals surface area (Å²) in [6.45, 7) is 4.45. The van der Waals surface area contributed by atoms with Gasteiger partial charge in [0.15, 0.2) is 0 Å². The minimum Gasteiger partial charge on any atom is -0.406 e. The fraction of sp³-hybridized carbons (Fsp3) is 0.625. The number of rotatable bonds is 4. The van der Waals surface area contributed by atoms with Gasteiger partial charge in [0.25, 0.3) is 0 Å². The van der Waals surface area contributed by atoms with Crippen LogP contribution in [0.3, 0.4) is 0 Å². The number of nitrogens with one attached hydrogen (secondary N) is 1. The number of ether oxygens (including phenoxy) is 1. The third-order valence-electron chi connectivity index (χ3n) is 4.12. The Morgan fingerprint density at radius 2 is 1.71 bits per heavy atom. The van der Waals surface area contributed by atoms with Crippen LogP contribution in [-0.2, 0) is 0 Å². The van der Waals surface area contributed by atoms with Gasteiger partial charge in [-0.1, -0.05) is 26.7 Å². The second-order valence-corrected chi connectivity index (χ2v) is 6.02. The predicted molar refractivity (Wildman–Crippen MR) is 77.3 cm³/mol. The summed E-state index contributed by atoms with van der Waals surface area (Å²) in [5.74, 6) is 1.04. The summed E-state index contributed by atoms with van der Waals surface area (Å²) in [5.41, 5.74) is 0.849. The molecule has 0 bridgehead atoms. The topological polar surface area (TPSA) is 21.3 Å². The van der Waals surface area contributed by atoms with Gasteiger partial charge < -0.3 is 10.1 Å². The van der Waals surface area contributed by atoms with Crippen molar-refractivity contribution in [2.75, 3.05) is 5.32 Å². The number of anilines is 1. The van der Waals surface area contributed by atoms with Gasteiger partial charge in [0, 0.05) is 11.7 Å². The SMILES string of the molecule is CC(C)C1CCCCC1Nc1ccc(OC(F)(F)F)cc1. The van der Waals surface area contributed by atoms with Crippen molar-refractivity contribution in [2.24, 2.45) is 11.8 Å². The molecule has 118 valence electrons. The Morgan fingerprint density at radius 1 is 1.10 bits per heavy atom. The second kappa shape index (κ2) is 6.58. The summed E-state index contributed by atoms with van der Waals surface area (Å²) in [6.07, 6.45) is 0.158. The zero-order valence-electron chi connectivity index (χ0n) is 12.4. The Kier molecular flexibility index (Phi) is 5.01. The summed E-state index contributed by atoms with van der Waals surface area (Å²) in [7, 11) is 0. The molecule has 0 amide bonds. The predicted octanol–water partition coefficient (Wildman–Crippen LogP) is 5.21. The van der Waals surface area contributed by atoms with Crippen molar-refractivity contribution >= 4 is 5.69 Å². The average molecular weight is 301 g/mol. The molecule has 2 atom stereocenters. The molecule has 1 N–H and O–H groups in total. The van der Waals surface area contributed by atoms with Gasteiger partial charge in [0.1, 0.15) is 5.75 Å². The highest BCUT2D eigenvalue weighted by molar-refractivity contribution is 5.47. The fourth-order valence-corrected chi connectivity index (χ4v) is 3.10. The van der Waals surface area contributed by atoms with Gasteiger partial charge in [0.05, 0.1) is 0 Å². The van der Waals surface area contributed by atoms with Gasteiger partial charge in [0.2, 0.25) is 0 Å². The van der Waals surface area contributed by atoms with Gasteiger partial charge in [-0.15, -0.1) is 13.2 Å². The first-order chi connectivity index (χ1) is 9.85. The standard InChI is InChI=1S/C16H22F3NO/c1-11(2)14-5-3-4-6-15(14)20-12-7-9-13(10-8-12)21-16(17,18)19/h7-11,14-15,20H,3-6H2,1-2H3. The second-order valence-electron chi connectivity index (χ2n) is 6.02. The Morgan fingerprint density at radius 3 is 2.29 bits per heavy atom. The normalized spacial score (nSPS) is 23.1. The van der Waals surface area contributed by atoms with Crippen LogP contribution in [0.1, 0.15) is 39.5 Å². The maximum atomic E-state index is 12.1. The van der Waals surface area contributed by atoms with E-state index in [0.29, 0.717) is 17.9 Å². The number of hydrogen-bond donors (Lipinski definition) is 1. The first kappa shape index (κ1) is 16.0. The van der Waals surface area contributed by atoms with E-state index in [1.54, 1.807) is 12.1 Å². The molecule has 0 aromatic heterocycles. The van der Waals surface area contributed by atoms with Gasteiger partial charge >= 0.3 is 6.36 Å². The van der Waals surface area contributed by atoms with Crippen molar-refractivity contribution in [3.63, 3.8) is 0 Å². The van der Waals surface area contributed by atoms with E-state index < -0.39 is 6.36 Å². The lowest BCUT2D eigenvalue weighted by Gasteiger charge is -2.35. The molecule has 0 radical (unpaired) electrons. The first-order valence-electron chi connectivity index (χ1n) is 7.47. The van der Waals surface area contributed by atoms with Crippen molar-refractivity contribution in [2.45, 2.75) is 51.9 Å². The molecule has 0 spiro atoms. The summed E-state index contributed by atoms with van der Waals surface area (Å²) in [6, 6.07) is 6.39. The van der Waals surface area contributed by atoms with Crippen molar-refractivity contribution < 1.29 is 17.9 Å². The largest absolute Gasteiger partial charge is 0.573 e. The van der Waals surface area contributed by atoms with Crippen LogP contribution in [0.25, 0.3) is 0 Å². The highest BCUT2D eigenvalue weighted by atomic mass is 19.4. The van der Waals surface area contributed by atoms with Crippen LogP contribution in [0, 0.1) is 11.8 Å². The van der Waals surface area contributed by atoms with Crippen LogP contribution in [0.4, 0.5) is 18.9 Å². The monoisotopic (exact) mass is 301 g/mol. The molecule has 1 aromatic rings. The molecule has 1 fully saturated rings. The third-order valence-corrected chi connectivity index (χ3v) is 4.12. The summed E-state index contributed by atoms with van der Waals surface area (Å²) in [5, 5.41) is 3.47. The molecule has 1 aliphatic carbocycles. The highest BCUT2D eigenvalue weighted by Gasteiger charge is 2.31. The molecule has 1 saturated carbocycles. The maximum absolute atomic E-state index is 12.1. The van der Waals surface area contributed by atoms with E-state index in [1.807, 2.05) is 0 Å². The molecule has 1 aliphatic rings. The molecule has 5 heteroatoms. The fourth-order valence-electron chi connectivity index (χ4n) is 3.10. The minimum atomic E-state index is -4.64. The van der Waals surface area contributed by atoms with Gasteiger partial charge in [-0.25, -0.2) is 0 Å². The Bertz CT molecular complexity index is 442. The van der Waals surface area contributed by atoms with Gasteiger partial charge in [-0.3, -0.25) is 0 Å². The maximum Gasteiger partial charge on any atom is 0.573 e. The molecule has 0 heterocycles. The highest BCUT2D eigenvalue weighted by Crippen LogP contribution is 2.33. The third kappa shape index (κ3) is 4.83. The molecule has 2 rings (SSSR count). The van der Waals surface area contributed by atoms with Crippen LogP contribution >= 0.6 is 0 Å². The molecule has 2 nitrogen and oxygen atoms in total. The zero-order valence-corrected chi connectivity index (χ0v) is 12.4. The molecular formula is C16H22F3NO. The molecule has 0 aliphatic heterocycles. The minimum absolute atomic E-state index is 0.183. The van der Waals surface area contributed by atoms with E-state index in [9.17, 15) is 13.2 Å². The van der Waals surface area contributed by atoms with E-state index in [4.69, 9.17) is 0 Å². The summed E-state index contributed by atoms with van der Waals surface area (Å²) in [4.78, 5) is 0. The quantitative estimate of drug-likeness (QED) is 0.824. The molecule has 2 unspecified atom stereocenters. The molecule has 1 aromatic carbocycles. The Balaban J connectivity index is 1.99. The van der Waals surface area contributed by atoms with Gasteiger partial charge in [-0.2, -0.15) is 0 Å².